The molecule has 4 heteroatoms. The molecule has 162 valence electrons. The van der Waals surface area contributed by atoms with Crippen molar-refractivity contribution in [3.05, 3.63) is 66.2 Å². The molecular formula is C27H31NO3. The van der Waals surface area contributed by atoms with Crippen LogP contribution in [0.5, 0.6) is 11.5 Å². The fraction of sp³-hybridized carbons (Fsp3) is 0.370. The zero-order chi connectivity index (χ0) is 21.8. The Morgan fingerprint density at radius 2 is 1.68 bits per heavy atom. The van der Waals surface area contributed by atoms with Crippen LogP contribution in [0.1, 0.15) is 51.5 Å². The first-order valence-electron chi connectivity index (χ1n) is 11.2. The molecule has 0 bridgehead atoms. The molecule has 0 unspecified atom stereocenters. The third kappa shape index (κ3) is 4.12. The fourth-order valence-electron chi connectivity index (χ4n) is 4.56. The van der Waals surface area contributed by atoms with Gasteiger partial charge in [0.1, 0.15) is 11.5 Å². The average Bonchev–Trinajstić information content (AvgIpc) is 3.32. The monoisotopic (exact) mass is 417 g/mol. The lowest BCUT2D eigenvalue weighted by molar-refractivity contribution is -0.121. The Hall–Kier alpha value is -3.01. The number of rotatable bonds is 7. The Balaban J connectivity index is 1.67. The maximum Gasteiger partial charge on any atom is 0.235 e. The van der Waals surface area contributed by atoms with Crippen LogP contribution in [0, 0.1) is 0 Å². The van der Waals surface area contributed by atoms with Gasteiger partial charge in [0.15, 0.2) is 0 Å². The van der Waals surface area contributed by atoms with E-state index in [2.05, 4.69) is 25.2 Å². The molecule has 1 fully saturated rings. The van der Waals surface area contributed by atoms with Crippen LogP contribution in [0.25, 0.3) is 10.8 Å². The number of benzene rings is 3. The minimum absolute atomic E-state index is 0.0657. The smallest absolute Gasteiger partial charge is 0.235 e. The van der Waals surface area contributed by atoms with Gasteiger partial charge in [-0.3, -0.25) is 4.79 Å². The number of hydrogen-bond donors (Lipinski definition) is 1. The molecule has 1 saturated carbocycles. The first-order chi connectivity index (χ1) is 15.1. The summed E-state index contributed by atoms with van der Waals surface area (Å²) in [6, 6.07) is 20.0. The summed E-state index contributed by atoms with van der Waals surface area (Å²) < 4.78 is 11.4. The topological polar surface area (TPSA) is 47.6 Å². The second kappa shape index (κ2) is 9.01. The zero-order valence-electron chi connectivity index (χ0n) is 18.6. The predicted molar refractivity (Wildman–Crippen MR) is 126 cm³/mol. The number of carbonyl (C=O) groups excluding carboxylic acids is 1. The van der Waals surface area contributed by atoms with Crippen molar-refractivity contribution in [3.8, 4) is 11.5 Å². The Bertz CT molecular complexity index is 1050. The van der Waals surface area contributed by atoms with Gasteiger partial charge in [-0.2, -0.15) is 0 Å². The summed E-state index contributed by atoms with van der Waals surface area (Å²) >= 11 is 0. The maximum absolute atomic E-state index is 13.7. The van der Waals surface area contributed by atoms with E-state index in [0.29, 0.717) is 0 Å². The minimum atomic E-state index is -0.501. The highest BCUT2D eigenvalue weighted by Crippen LogP contribution is 2.43. The number of amides is 1. The summed E-state index contributed by atoms with van der Waals surface area (Å²) in [6.45, 7) is 4.19. The molecule has 1 atom stereocenters. The van der Waals surface area contributed by atoms with Crippen LogP contribution < -0.4 is 14.8 Å². The molecule has 3 aromatic rings. The maximum atomic E-state index is 13.7. The van der Waals surface area contributed by atoms with Crippen molar-refractivity contribution < 1.29 is 14.3 Å². The fourth-order valence-corrected chi connectivity index (χ4v) is 4.56. The van der Waals surface area contributed by atoms with Crippen molar-refractivity contribution in [3.63, 3.8) is 0 Å². The molecule has 4 rings (SSSR count). The van der Waals surface area contributed by atoms with Gasteiger partial charge in [0.2, 0.25) is 5.91 Å². The summed E-state index contributed by atoms with van der Waals surface area (Å²) in [6.07, 6.45) is 4.91. The van der Waals surface area contributed by atoms with Crippen LogP contribution in [-0.2, 0) is 10.2 Å². The molecule has 3 aromatic carbocycles. The number of methoxy groups -OCH3 is 1. The van der Waals surface area contributed by atoms with Crippen LogP contribution in [0.15, 0.2) is 60.7 Å². The van der Waals surface area contributed by atoms with Gasteiger partial charge in [-0.15, -0.1) is 0 Å². The van der Waals surface area contributed by atoms with Crippen LogP contribution in [0.3, 0.4) is 0 Å². The lowest BCUT2D eigenvalue weighted by Crippen LogP contribution is -2.38. The van der Waals surface area contributed by atoms with Crippen molar-refractivity contribution in [2.24, 2.45) is 0 Å². The van der Waals surface area contributed by atoms with E-state index < -0.39 is 5.41 Å². The molecule has 1 aliphatic carbocycles. The first-order valence-corrected chi connectivity index (χ1v) is 11.2. The van der Waals surface area contributed by atoms with Crippen LogP contribution in [0.2, 0.25) is 0 Å². The van der Waals surface area contributed by atoms with Crippen molar-refractivity contribution in [2.75, 3.05) is 12.4 Å². The van der Waals surface area contributed by atoms with Gasteiger partial charge >= 0.3 is 0 Å². The molecule has 4 nitrogen and oxygen atoms in total. The normalized spacial score (nSPS) is 16.1. The molecule has 0 saturated heterocycles. The molecule has 0 spiro atoms. The number of anilines is 1. The summed E-state index contributed by atoms with van der Waals surface area (Å²) in [5.74, 6) is 1.73. The van der Waals surface area contributed by atoms with Crippen LogP contribution >= 0.6 is 0 Å². The van der Waals surface area contributed by atoms with E-state index in [9.17, 15) is 4.79 Å². The number of nitrogens with one attached hydrogen (secondary N) is 1. The first kappa shape index (κ1) is 21.2. The van der Waals surface area contributed by atoms with Crippen molar-refractivity contribution in [2.45, 2.75) is 57.5 Å². The second-order valence-corrected chi connectivity index (χ2v) is 8.47. The molecule has 31 heavy (non-hydrogen) atoms. The average molecular weight is 418 g/mol. The van der Waals surface area contributed by atoms with E-state index in [4.69, 9.17) is 9.47 Å². The van der Waals surface area contributed by atoms with E-state index in [0.717, 1.165) is 65.6 Å². The molecule has 0 aromatic heterocycles. The standard InChI is InChI=1S/C27H31NO3/c1-4-19(2)31-25-16-15-24(22-9-5-6-10-23(22)25)28-26(29)27(17-7-8-18-27)20-11-13-21(30-3)14-12-20/h5-6,9-16,19H,4,7-8,17-18H2,1-3H3,(H,28,29)/t19-/m1/s1. The van der Waals surface area contributed by atoms with Gasteiger partial charge in [-0.1, -0.05) is 56.2 Å². The SMILES string of the molecule is CC[C@@H](C)Oc1ccc(NC(=O)C2(c3ccc(OC)cc3)CCCC2)c2ccccc12. The third-order valence-electron chi connectivity index (χ3n) is 6.57. The van der Waals surface area contributed by atoms with Crippen LogP contribution in [-0.4, -0.2) is 19.1 Å². The number of hydrogen-bond acceptors (Lipinski definition) is 3. The lowest BCUT2D eigenvalue weighted by atomic mass is 9.78. The largest absolute Gasteiger partial charge is 0.497 e. The van der Waals surface area contributed by atoms with Gasteiger partial charge in [-0.25, -0.2) is 0 Å². The Morgan fingerprint density at radius 1 is 1.00 bits per heavy atom. The third-order valence-corrected chi connectivity index (χ3v) is 6.57. The van der Waals surface area contributed by atoms with E-state index in [1.54, 1.807) is 7.11 Å². The Morgan fingerprint density at radius 3 is 2.32 bits per heavy atom. The van der Waals surface area contributed by atoms with Crippen molar-refractivity contribution >= 4 is 22.4 Å². The molecule has 1 amide bonds. The highest BCUT2D eigenvalue weighted by atomic mass is 16.5. The summed E-state index contributed by atoms with van der Waals surface area (Å²) in [5, 5.41) is 5.28. The Kier molecular flexibility index (Phi) is 6.17. The molecule has 0 radical (unpaired) electrons. The van der Waals surface area contributed by atoms with E-state index in [1.807, 2.05) is 54.6 Å². The second-order valence-electron chi connectivity index (χ2n) is 8.47. The molecule has 0 heterocycles. The molecule has 0 aliphatic heterocycles. The molecule has 1 N–H and O–H groups in total. The molecular weight excluding hydrogens is 386 g/mol. The van der Waals surface area contributed by atoms with E-state index >= 15 is 0 Å². The molecule has 1 aliphatic rings. The van der Waals surface area contributed by atoms with Gasteiger partial charge in [0.05, 0.1) is 18.6 Å². The number of fused-ring (bicyclic) bond motifs is 1. The van der Waals surface area contributed by atoms with E-state index in [1.165, 1.54) is 0 Å². The van der Waals surface area contributed by atoms with Crippen molar-refractivity contribution in [1.29, 1.82) is 0 Å². The lowest BCUT2D eigenvalue weighted by Gasteiger charge is -2.29. The van der Waals surface area contributed by atoms with Crippen molar-refractivity contribution in [1.82, 2.24) is 0 Å². The van der Waals surface area contributed by atoms with Gasteiger partial charge in [0.25, 0.3) is 0 Å². The van der Waals surface area contributed by atoms with Gasteiger partial charge < -0.3 is 14.8 Å². The zero-order valence-corrected chi connectivity index (χ0v) is 18.6. The summed E-state index contributed by atoms with van der Waals surface area (Å²) in [7, 11) is 1.66. The van der Waals surface area contributed by atoms with Gasteiger partial charge in [0, 0.05) is 16.5 Å². The quantitative estimate of drug-likeness (QED) is 0.479. The number of carbonyl (C=O) groups is 1. The Labute approximate surface area is 184 Å². The highest BCUT2D eigenvalue weighted by Gasteiger charge is 2.42. The summed E-state index contributed by atoms with van der Waals surface area (Å²) in [4.78, 5) is 13.7. The van der Waals surface area contributed by atoms with Crippen LogP contribution in [0.4, 0.5) is 5.69 Å². The minimum Gasteiger partial charge on any atom is -0.497 e. The van der Waals surface area contributed by atoms with Gasteiger partial charge in [-0.05, 0) is 56.0 Å². The van der Waals surface area contributed by atoms with E-state index in [-0.39, 0.29) is 12.0 Å². The number of ether oxygens (including phenoxy) is 2. The highest BCUT2D eigenvalue weighted by molar-refractivity contribution is 6.07. The predicted octanol–water partition coefficient (Wildman–Crippen LogP) is 6.48. The summed E-state index contributed by atoms with van der Waals surface area (Å²) in [5.41, 5.74) is 1.39.